The third-order valence-electron chi connectivity index (χ3n) is 2.64. The second-order valence-electron chi connectivity index (χ2n) is 3.90. The number of nitrogens with two attached hydrogens (primary N) is 1. The lowest BCUT2D eigenvalue weighted by atomic mass is 10.1. The van der Waals surface area contributed by atoms with Crippen molar-refractivity contribution in [3.05, 3.63) is 5.82 Å². The molecule has 1 aromatic heterocycles. The molecule has 1 fully saturated rings. The average molecular weight is 242 g/mol. The molecule has 2 rings (SSSR count). The normalized spacial score (nSPS) is 16.4. The summed E-state index contributed by atoms with van der Waals surface area (Å²) in [7, 11) is 0. The molecule has 0 spiro atoms. The van der Waals surface area contributed by atoms with Gasteiger partial charge >= 0.3 is 0 Å². The predicted molar refractivity (Wildman–Crippen MR) is 64.7 cm³/mol. The number of hydrogen-bond donors (Lipinski definition) is 1. The molecule has 16 heavy (non-hydrogen) atoms. The Bertz CT molecular complexity index is 351. The number of anilines is 2. The first-order chi connectivity index (χ1) is 7.79. The second-order valence-corrected chi connectivity index (χ2v) is 4.27. The first kappa shape index (κ1) is 11.4. The minimum absolute atomic E-state index is 0.288. The highest BCUT2D eigenvalue weighted by Crippen LogP contribution is 2.16. The topological polar surface area (TPSA) is 67.9 Å². The zero-order chi connectivity index (χ0) is 11.4. The van der Waals surface area contributed by atoms with Gasteiger partial charge in [-0.05, 0) is 19.3 Å². The van der Waals surface area contributed by atoms with Gasteiger partial charge in [0.15, 0.2) is 0 Å². The van der Waals surface area contributed by atoms with Crippen molar-refractivity contribution in [3.8, 4) is 0 Å². The van der Waals surface area contributed by atoms with E-state index in [1.165, 1.54) is 19.3 Å². The summed E-state index contributed by atoms with van der Waals surface area (Å²) in [5, 5.41) is 0. The van der Waals surface area contributed by atoms with E-state index in [4.69, 9.17) is 17.3 Å². The smallest absolute Gasteiger partial charge is 0.230 e. The molecule has 2 N–H and O–H groups in total. The number of hydrogen-bond acceptors (Lipinski definition) is 5. The van der Waals surface area contributed by atoms with Crippen LogP contribution in [0.15, 0.2) is 0 Å². The fraction of sp³-hybridized carbons (Fsp3) is 0.700. The number of rotatable bonds is 3. The molecule has 5 nitrogen and oxygen atoms in total. The molecule has 88 valence electrons. The van der Waals surface area contributed by atoms with E-state index in [-0.39, 0.29) is 5.95 Å². The van der Waals surface area contributed by atoms with Gasteiger partial charge in [-0.2, -0.15) is 15.0 Å². The maximum absolute atomic E-state index is 5.67. The second kappa shape index (κ2) is 5.30. The highest BCUT2D eigenvalue weighted by molar-refractivity contribution is 6.17. The van der Waals surface area contributed by atoms with Gasteiger partial charge in [0, 0.05) is 25.4 Å². The van der Waals surface area contributed by atoms with Gasteiger partial charge in [0.2, 0.25) is 11.9 Å². The summed E-state index contributed by atoms with van der Waals surface area (Å²) >= 11 is 5.67. The molecule has 0 atom stereocenters. The van der Waals surface area contributed by atoms with Gasteiger partial charge in [-0.25, -0.2) is 0 Å². The molecule has 1 aromatic rings. The summed E-state index contributed by atoms with van der Waals surface area (Å²) < 4.78 is 0. The van der Waals surface area contributed by atoms with Crippen molar-refractivity contribution in [3.63, 3.8) is 0 Å². The van der Waals surface area contributed by atoms with Crippen LogP contribution in [0.3, 0.4) is 0 Å². The molecular formula is C10H16ClN5. The number of piperidine rings is 1. The van der Waals surface area contributed by atoms with Crippen molar-refractivity contribution in [2.75, 3.05) is 29.6 Å². The van der Waals surface area contributed by atoms with E-state index in [2.05, 4.69) is 19.9 Å². The Labute approximate surface area is 100 Å². The maximum Gasteiger partial charge on any atom is 0.230 e. The fourth-order valence-corrected chi connectivity index (χ4v) is 2.03. The lowest BCUT2D eigenvalue weighted by molar-refractivity contribution is 0.566. The average Bonchev–Trinajstić information content (AvgIpc) is 2.30. The fourth-order valence-electron chi connectivity index (χ4n) is 1.86. The lowest BCUT2D eigenvalue weighted by Crippen LogP contribution is -2.31. The Hall–Kier alpha value is -1.10. The van der Waals surface area contributed by atoms with Crippen LogP contribution in [0.25, 0.3) is 0 Å². The molecule has 0 unspecified atom stereocenters. The molecule has 0 aromatic carbocycles. The van der Waals surface area contributed by atoms with Gasteiger partial charge in [-0.1, -0.05) is 0 Å². The molecule has 0 radical (unpaired) electrons. The summed E-state index contributed by atoms with van der Waals surface area (Å²) in [6, 6.07) is 0. The van der Waals surface area contributed by atoms with E-state index >= 15 is 0 Å². The van der Waals surface area contributed by atoms with Crippen molar-refractivity contribution in [1.82, 2.24) is 15.0 Å². The van der Waals surface area contributed by atoms with Crippen LogP contribution in [0, 0.1) is 0 Å². The molecule has 1 saturated heterocycles. The van der Waals surface area contributed by atoms with Crippen LogP contribution in [0.4, 0.5) is 11.9 Å². The molecule has 0 amide bonds. The monoisotopic (exact) mass is 241 g/mol. The molecule has 1 aliphatic heterocycles. The number of aromatic nitrogens is 3. The summed E-state index contributed by atoms with van der Waals surface area (Å²) in [4.78, 5) is 14.8. The van der Waals surface area contributed by atoms with Gasteiger partial charge in [-0.3, -0.25) is 0 Å². The Morgan fingerprint density at radius 3 is 2.56 bits per heavy atom. The van der Waals surface area contributed by atoms with E-state index < -0.39 is 0 Å². The van der Waals surface area contributed by atoms with Crippen molar-refractivity contribution in [1.29, 1.82) is 0 Å². The van der Waals surface area contributed by atoms with Crippen LogP contribution < -0.4 is 10.6 Å². The van der Waals surface area contributed by atoms with Gasteiger partial charge in [0.1, 0.15) is 5.82 Å². The number of nitrogens with zero attached hydrogens (tertiary/aromatic N) is 4. The summed E-state index contributed by atoms with van der Waals surface area (Å²) in [5.41, 5.74) is 5.66. The van der Waals surface area contributed by atoms with Crippen LogP contribution in [0.5, 0.6) is 0 Å². The maximum atomic E-state index is 5.67. The zero-order valence-electron chi connectivity index (χ0n) is 9.19. The summed E-state index contributed by atoms with van der Waals surface area (Å²) in [6.07, 6.45) is 4.30. The Morgan fingerprint density at radius 2 is 1.88 bits per heavy atom. The lowest BCUT2D eigenvalue weighted by Gasteiger charge is -2.26. The first-order valence-electron chi connectivity index (χ1n) is 5.61. The number of nitrogen functional groups attached to an aromatic ring is 1. The van der Waals surface area contributed by atoms with Crippen molar-refractivity contribution in [2.24, 2.45) is 0 Å². The Morgan fingerprint density at radius 1 is 1.12 bits per heavy atom. The first-order valence-corrected chi connectivity index (χ1v) is 6.14. The summed E-state index contributed by atoms with van der Waals surface area (Å²) in [5.74, 6) is 2.18. The van der Waals surface area contributed by atoms with E-state index in [1.807, 2.05) is 0 Å². The van der Waals surface area contributed by atoms with Crippen LogP contribution >= 0.6 is 11.6 Å². The SMILES string of the molecule is Nc1nc(CCCl)nc(N2CCCCC2)n1. The largest absolute Gasteiger partial charge is 0.368 e. The number of alkyl halides is 1. The third-order valence-corrected chi connectivity index (χ3v) is 2.83. The van der Waals surface area contributed by atoms with Gasteiger partial charge in [0.05, 0.1) is 0 Å². The van der Waals surface area contributed by atoms with E-state index in [0.717, 1.165) is 13.1 Å². The Balaban J connectivity index is 2.18. The predicted octanol–water partition coefficient (Wildman–Crippen LogP) is 1.23. The van der Waals surface area contributed by atoms with E-state index in [1.54, 1.807) is 0 Å². The molecule has 0 aliphatic carbocycles. The van der Waals surface area contributed by atoms with Crippen molar-refractivity contribution in [2.45, 2.75) is 25.7 Å². The molecule has 2 heterocycles. The molecule has 0 bridgehead atoms. The highest BCUT2D eigenvalue weighted by atomic mass is 35.5. The van der Waals surface area contributed by atoms with Gasteiger partial charge in [-0.15, -0.1) is 11.6 Å². The molecule has 6 heteroatoms. The quantitative estimate of drug-likeness (QED) is 0.806. The van der Waals surface area contributed by atoms with Crippen LogP contribution in [-0.4, -0.2) is 33.9 Å². The van der Waals surface area contributed by atoms with Crippen LogP contribution in [-0.2, 0) is 6.42 Å². The number of aryl methyl sites for hydroxylation is 1. The van der Waals surface area contributed by atoms with Crippen LogP contribution in [0.2, 0.25) is 0 Å². The Kier molecular flexibility index (Phi) is 3.77. The van der Waals surface area contributed by atoms with E-state index in [9.17, 15) is 0 Å². The third kappa shape index (κ3) is 2.72. The summed E-state index contributed by atoms with van der Waals surface area (Å²) in [6.45, 7) is 2.01. The standard InChI is InChI=1S/C10H16ClN5/c11-5-4-8-13-9(12)15-10(14-8)16-6-2-1-3-7-16/h1-7H2,(H2,12,13,14,15). The molecule has 0 saturated carbocycles. The number of halogens is 1. The van der Waals surface area contributed by atoms with Gasteiger partial charge < -0.3 is 10.6 Å². The minimum atomic E-state index is 0.288. The molecular weight excluding hydrogens is 226 g/mol. The van der Waals surface area contributed by atoms with Crippen molar-refractivity contribution < 1.29 is 0 Å². The van der Waals surface area contributed by atoms with Gasteiger partial charge in [0.25, 0.3) is 0 Å². The zero-order valence-corrected chi connectivity index (χ0v) is 9.95. The molecule has 1 aliphatic rings. The van der Waals surface area contributed by atoms with Crippen molar-refractivity contribution >= 4 is 23.5 Å². The van der Waals surface area contributed by atoms with E-state index in [0.29, 0.717) is 24.1 Å². The minimum Gasteiger partial charge on any atom is -0.368 e. The van der Waals surface area contributed by atoms with Crippen LogP contribution in [0.1, 0.15) is 25.1 Å². The highest BCUT2D eigenvalue weighted by Gasteiger charge is 2.15.